The number of benzene rings is 2. The Morgan fingerprint density at radius 3 is 2.15 bits per heavy atom. The lowest BCUT2D eigenvalue weighted by Crippen LogP contribution is -2.19. The molecule has 0 atom stereocenters. The zero-order chi connectivity index (χ0) is 28.3. The maximum Gasteiger partial charge on any atom is 0.328 e. The summed E-state index contributed by atoms with van der Waals surface area (Å²) in [6.07, 6.45) is 2.85. The smallest absolute Gasteiger partial charge is 0.328 e. The molecule has 12 heteroatoms. The lowest BCUT2D eigenvalue weighted by Gasteiger charge is -2.16. The minimum atomic E-state index is -4.00. The molecule has 0 bridgehead atoms. The van der Waals surface area contributed by atoms with Crippen LogP contribution >= 0.6 is 0 Å². The molecule has 0 aliphatic carbocycles. The molecule has 0 saturated carbocycles. The van der Waals surface area contributed by atoms with Crippen molar-refractivity contribution in [2.45, 2.75) is 31.6 Å². The molecule has 0 radical (unpaired) electrons. The first-order chi connectivity index (χ1) is 18.6. The fraction of sp³-hybridized carbons (Fsp3) is 0.407. The van der Waals surface area contributed by atoms with E-state index in [9.17, 15) is 13.2 Å². The van der Waals surface area contributed by atoms with Crippen LogP contribution in [0.3, 0.4) is 0 Å². The van der Waals surface area contributed by atoms with E-state index in [1.165, 1.54) is 20.0 Å². The van der Waals surface area contributed by atoms with Gasteiger partial charge in [-0.25, -0.2) is 13.2 Å². The molecule has 2 heterocycles. The zero-order valence-electron chi connectivity index (χ0n) is 23.1. The van der Waals surface area contributed by atoms with E-state index in [4.69, 9.17) is 14.2 Å². The second-order valence-electron chi connectivity index (χ2n) is 9.35. The Morgan fingerprint density at radius 1 is 0.923 bits per heavy atom. The number of aromatic nitrogens is 4. The fourth-order valence-corrected chi connectivity index (χ4v) is 5.59. The van der Waals surface area contributed by atoms with Gasteiger partial charge in [-0.3, -0.25) is 18.5 Å². The van der Waals surface area contributed by atoms with Crippen LogP contribution in [0.25, 0.3) is 22.2 Å². The fourth-order valence-electron chi connectivity index (χ4n) is 4.32. The highest BCUT2D eigenvalue weighted by Gasteiger charge is 2.23. The molecule has 0 spiro atoms. The molecule has 1 N–H and O–H groups in total. The molecule has 0 unspecified atom stereocenters. The lowest BCUT2D eigenvalue weighted by molar-refractivity contribution is 0.172. The van der Waals surface area contributed by atoms with Gasteiger partial charge in [-0.05, 0) is 43.2 Å². The molecular formula is C27H35N5O6S. The van der Waals surface area contributed by atoms with E-state index in [1.54, 1.807) is 47.3 Å². The molecule has 0 fully saturated rings. The molecule has 2 aromatic carbocycles. The summed E-state index contributed by atoms with van der Waals surface area (Å²) in [6.45, 7) is 5.23. The van der Waals surface area contributed by atoms with Crippen molar-refractivity contribution < 1.29 is 22.6 Å². The third kappa shape index (κ3) is 5.81. The van der Waals surface area contributed by atoms with Crippen LogP contribution < -0.4 is 19.9 Å². The van der Waals surface area contributed by atoms with Crippen LogP contribution in [-0.4, -0.2) is 54.3 Å². The Hall–Kier alpha value is -3.77. The number of rotatable bonds is 12. The summed E-state index contributed by atoms with van der Waals surface area (Å²) >= 11 is 0. The van der Waals surface area contributed by atoms with Crippen LogP contribution in [0.15, 0.2) is 46.2 Å². The number of sulfonamides is 1. The first-order valence-electron chi connectivity index (χ1n) is 12.7. The van der Waals surface area contributed by atoms with Gasteiger partial charge < -0.3 is 14.2 Å². The molecule has 2 aromatic heterocycles. The molecule has 210 valence electrons. The number of imidazole rings is 1. The topological polar surface area (TPSA) is 119 Å². The molecule has 0 amide bonds. The molecule has 0 aliphatic heterocycles. The van der Waals surface area contributed by atoms with Crippen LogP contribution in [0, 0.1) is 6.92 Å². The Balaban J connectivity index is 1.89. The van der Waals surface area contributed by atoms with Crippen molar-refractivity contribution in [2.75, 3.05) is 31.7 Å². The number of methoxy groups -OCH3 is 1. The van der Waals surface area contributed by atoms with Gasteiger partial charge in [0.2, 0.25) is 0 Å². The average Bonchev–Trinajstić information content (AvgIpc) is 3.35. The van der Waals surface area contributed by atoms with Crippen LogP contribution in [-0.2, 0) is 35.9 Å². The summed E-state index contributed by atoms with van der Waals surface area (Å²) in [5.41, 5.74) is 3.06. The summed E-state index contributed by atoms with van der Waals surface area (Å²) in [6, 6.07) is 8.96. The summed E-state index contributed by atoms with van der Waals surface area (Å²) in [4.78, 5) is 12.8. The number of nitrogens with zero attached hydrogens (tertiary/aromatic N) is 4. The normalized spacial score (nSPS) is 11.7. The SMILES string of the molecule is CCCOc1cc(OCCCOC)cc(-c2cc3c(cc2NS(=O)(=O)c2cnn(C)c2C)n(C)c(=O)n3C)c1. The maximum atomic E-state index is 13.5. The number of hydrogen-bond acceptors (Lipinski definition) is 7. The minimum Gasteiger partial charge on any atom is -0.493 e. The summed E-state index contributed by atoms with van der Waals surface area (Å²) in [5, 5.41) is 4.08. The molecule has 0 aliphatic rings. The van der Waals surface area contributed by atoms with Gasteiger partial charge in [0.05, 0.1) is 41.8 Å². The van der Waals surface area contributed by atoms with Gasteiger partial charge in [-0.1, -0.05) is 6.92 Å². The van der Waals surface area contributed by atoms with Gasteiger partial charge in [0.15, 0.2) is 0 Å². The first-order valence-corrected chi connectivity index (χ1v) is 14.2. The van der Waals surface area contributed by atoms with Gasteiger partial charge in [-0.15, -0.1) is 0 Å². The van der Waals surface area contributed by atoms with Gasteiger partial charge in [-0.2, -0.15) is 5.10 Å². The molecule has 0 saturated heterocycles. The second-order valence-corrected chi connectivity index (χ2v) is 11.0. The van der Waals surface area contributed by atoms with E-state index in [2.05, 4.69) is 9.82 Å². The quantitative estimate of drug-likeness (QED) is 0.265. The number of nitrogens with one attached hydrogen (secondary N) is 1. The van der Waals surface area contributed by atoms with E-state index in [0.717, 1.165) is 6.42 Å². The van der Waals surface area contributed by atoms with Crippen molar-refractivity contribution in [2.24, 2.45) is 21.1 Å². The summed E-state index contributed by atoms with van der Waals surface area (Å²) < 4.78 is 51.3. The van der Waals surface area contributed by atoms with Gasteiger partial charge in [0.25, 0.3) is 10.0 Å². The van der Waals surface area contributed by atoms with E-state index < -0.39 is 10.0 Å². The van der Waals surface area contributed by atoms with Gasteiger partial charge in [0.1, 0.15) is 16.4 Å². The van der Waals surface area contributed by atoms with Crippen molar-refractivity contribution in [3.63, 3.8) is 0 Å². The summed E-state index contributed by atoms with van der Waals surface area (Å²) in [5.74, 6) is 1.17. The maximum absolute atomic E-state index is 13.5. The van der Waals surface area contributed by atoms with E-state index in [0.29, 0.717) is 71.3 Å². The second kappa shape index (κ2) is 11.5. The van der Waals surface area contributed by atoms with Crippen LogP contribution in [0.2, 0.25) is 0 Å². The Labute approximate surface area is 228 Å². The number of ether oxygens (including phenoxy) is 3. The van der Waals surface area contributed by atoms with E-state index in [1.807, 2.05) is 25.1 Å². The molecule has 4 rings (SSSR count). The third-order valence-corrected chi connectivity index (χ3v) is 8.03. The van der Waals surface area contributed by atoms with Gasteiger partial charge in [0, 0.05) is 52.9 Å². The Kier molecular flexibility index (Phi) is 8.36. The minimum absolute atomic E-state index is 0.0696. The molecule has 4 aromatic rings. The van der Waals surface area contributed by atoms with Gasteiger partial charge >= 0.3 is 5.69 Å². The van der Waals surface area contributed by atoms with Crippen LogP contribution in [0.1, 0.15) is 25.5 Å². The molecule has 11 nitrogen and oxygen atoms in total. The highest BCUT2D eigenvalue weighted by Crippen LogP contribution is 2.38. The Morgan fingerprint density at radius 2 is 1.56 bits per heavy atom. The average molecular weight is 558 g/mol. The van der Waals surface area contributed by atoms with Crippen LogP contribution in [0.5, 0.6) is 11.5 Å². The first kappa shape index (κ1) is 28.2. The summed E-state index contributed by atoms with van der Waals surface area (Å²) in [7, 11) is 2.66. The third-order valence-electron chi connectivity index (χ3n) is 6.56. The molecular weight excluding hydrogens is 522 g/mol. The zero-order valence-corrected chi connectivity index (χ0v) is 24.0. The van der Waals surface area contributed by atoms with Crippen molar-refractivity contribution in [3.8, 4) is 22.6 Å². The standard InChI is InChI=1S/C27H35N5O6S/c1-7-9-37-20-12-19(13-21(14-20)38-11-8-10-36-6)22-15-24-25(31(4)27(33)30(24)3)16-23(22)29-39(34,35)26-17-28-32(5)18(26)2/h12-17,29H,7-11H2,1-6H3. The van der Waals surface area contributed by atoms with Crippen molar-refractivity contribution >= 4 is 26.7 Å². The molecule has 39 heavy (non-hydrogen) atoms. The predicted octanol–water partition coefficient (Wildman–Crippen LogP) is 3.59. The monoisotopic (exact) mass is 557 g/mol. The number of anilines is 1. The van der Waals surface area contributed by atoms with Crippen molar-refractivity contribution in [1.29, 1.82) is 0 Å². The lowest BCUT2D eigenvalue weighted by atomic mass is 10.0. The van der Waals surface area contributed by atoms with E-state index >= 15 is 0 Å². The van der Waals surface area contributed by atoms with E-state index in [-0.39, 0.29) is 10.6 Å². The number of aryl methyl sites for hydroxylation is 3. The number of fused-ring (bicyclic) bond motifs is 1. The van der Waals surface area contributed by atoms with Crippen molar-refractivity contribution in [3.05, 3.63) is 52.7 Å². The predicted molar refractivity (Wildman–Crippen MR) is 150 cm³/mol. The highest BCUT2D eigenvalue weighted by molar-refractivity contribution is 7.92. The number of hydrogen-bond donors (Lipinski definition) is 1. The highest BCUT2D eigenvalue weighted by atomic mass is 32.2. The van der Waals surface area contributed by atoms with Crippen molar-refractivity contribution in [1.82, 2.24) is 18.9 Å². The van der Waals surface area contributed by atoms with Crippen LogP contribution in [0.4, 0.5) is 5.69 Å². The largest absolute Gasteiger partial charge is 0.493 e. The Bertz CT molecular complexity index is 1650.